The lowest BCUT2D eigenvalue weighted by Gasteiger charge is -2.42. The van der Waals surface area contributed by atoms with Crippen molar-refractivity contribution in [3.05, 3.63) is 48.8 Å². The fourth-order valence-corrected chi connectivity index (χ4v) is 5.54. The number of fused-ring (bicyclic) bond motifs is 1. The number of nitrogens with one attached hydrogen (secondary N) is 1. The van der Waals surface area contributed by atoms with Crippen molar-refractivity contribution < 1.29 is 13.2 Å². The number of ether oxygens (including phenoxy) is 1. The number of nitrogens with zero attached hydrogens (tertiary/aromatic N) is 3. The third-order valence-electron chi connectivity index (χ3n) is 5.89. The van der Waals surface area contributed by atoms with E-state index in [1.165, 1.54) is 0 Å². The Morgan fingerprint density at radius 1 is 1.21 bits per heavy atom. The number of sulfonamides is 1. The van der Waals surface area contributed by atoms with E-state index in [9.17, 15) is 8.42 Å². The summed E-state index contributed by atoms with van der Waals surface area (Å²) in [4.78, 5) is 9.99. The Balaban J connectivity index is 1.61. The Morgan fingerprint density at radius 2 is 1.97 bits per heavy atom. The van der Waals surface area contributed by atoms with Crippen LogP contribution in [0.1, 0.15) is 13.3 Å². The minimum absolute atomic E-state index is 0.0669. The predicted molar refractivity (Wildman–Crippen MR) is 114 cm³/mol. The fraction of sp³-hybridized carbons (Fsp3) is 0.381. The summed E-state index contributed by atoms with van der Waals surface area (Å²) in [5.74, 6) is 1.01. The van der Waals surface area contributed by atoms with Gasteiger partial charge in [0.05, 0.1) is 12.0 Å². The molecule has 3 heterocycles. The van der Waals surface area contributed by atoms with Gasteiger partial charge in [-0.3, -0.25) is 0 Å². The Bertz CT molecular complexity index is 1090. The van der Waals surface area contributed by atoms with Crippen LogP contribution in [-0.4, -0.2) is 56.0 Å². The van der Waals surface area contributed by atoms with Crippen LogP contribution in [-0.2, 0) is 10.0 Å². The molecule has 1 aliphatic heterocycles. The van der Waals surface area contributed by atoms with Crippen molar-refractivity contribution in [2.24, 2.45) is 5.92 Å². The standard InChI is InChI=1S/C21H26N4O3S/c1-15-10-13-25(29(26,27)17-6-4-16(28-3)5-7-17)14-20(15)24(2)19-9-12-23-21-18(19)8-11-22-21/h4-9,11-12,15,20H,10,13-14H2,1-3H3,(H,22,23). The second-order valence-corrected chi connectivity index (χ2v) is 9.49. The minimum atomic E-state index is -3.56. The van der Waals surface area contributed by atoms with Gasteiger partial charge in [-0.1, -0.05) is 6.92 Å². The Hall–Kier alpha value is -2.58. The number of rotatable bonds is 5. The predicted octanol–water partition coefficient (Wildman–Crippen LogP) is 3.11. The molecule has 1 saturated heterocycles. The molecule has 29 heavy (non-hydrogen) atoms. The van der Waals surface area contributed by atoms with Gasteiger partial charge in [0.2, 0.25) is 10.0 Å². The number of aromatic nitrogens is 2. The van der Waals surface area contributed by atoms with Crippen molar-refractivity contribution in [1.29, 1.82) is 0 Å². The van der Waals surface area contributed by atoms with Gasteiger partial charge >= 0.3 is 0 Å². The second kappa shape index (κ2) is 7.68. The maximum Gasteiger partial charge on any atom is 0.243 e. The number of methoxy groups -OCH3 is 1. The largest absolute Gasteiger partial charge is 0.497 e. The first-order valence-corrected chi connectivity index (χ1v) is 11.1. The van der Waals surface area contributed by atoms with E-state index >= 15 is 0 Å². The Morgan fingerprint density at radius 3 is 2.69 bits per heavy atom. The highest BCUT2D eigenvalue weighted by molar-refractivity contribution is 7.89. The van der Waals surface area contributed by atoms with E-state index in [2.05, 4.69) is 21.8 Å². The molecule has 4 rings (SSSR count). The van der Waals surface area contributed by atoms with Crippen LogP contribution in [0.2, 0.25) is 0 Å². The van der Waals surface area contributed by atoms with Crippen molar-refractivity contribution in [3.63, 3.8) is 0 Å². The van der Waals surface area contributed by atoms with Crippen molar-refractivity contribution in [2.75, 3.05) is 32.1 Å². The second-order valence-electron chi connectivity index (χ2n) is 7.55. The van der Waals surface area contributed by atoms with Gasteiger partial charge in [-0.25, -0.2) is 13.4 Å². The van der Waals surface area contributed by atoms with Crippen LogP contribution in [0.5, 0.6) is 5.75 Å². The summed E-state index contributed by atoms with van der Waals surface area (Å²) in [6.07, 6.45) is 4.47. The smallest absolute Gasteiger partial charge is 0.243 e. The lowest BCUT2D eigenvalue weighted by molar-refractivity contribution is 0.248. The van der Waals surface area contributed by atoms with Crippen LogP contribution in [0.25, 0.3) is 11.0 Å². The summed E-state index contributed by atoms with van der Waals surface area (Å²) >= 11 is 0. The van der Waals surface area contributed by atoms with E-state index in [4.69, 9.17) is 4.74 Å². The first-order valence-electron chi connectivity index (χ1n) is 9.71. The SMILES string of the molecule is COc1ccc(S(=O)(=O)N2CCC(C)C(N(C)c3ccnc4[nH]ccc34)C2)cc1. The van der Waals surface area contributed by atoms with Crippen LogP contribution in [0.3, 0.4) is 0 Å². The van der Waals surface area contributed by atoms with Gasteiger partial charge in [0, 0.05) is 49.6 Å². The molecule has 0 radical (unpaired) electrons. The van der Waals surface area contributed by atoms with E-state index in [0.29, 0.717) is 29.7 Å². The van der Waals surface area contributed by atoms with Crippen LogP contribution < -0.4 is 9.64 Å². The van der Waals surface area contributed by atoms with Gasteiger partial charge < -0.3 is 14.6 Å². The highest BCUT2D eigenvalue weighted by Crippen LogP contribution is 2.32. The summed E-state index contributed by atoms with van der Waals surface area (Å²) < 4.78 is 33.2. The quantitative estimate of drug-likeness (QED) is 0.694. The van der Waals surface area contributed by atoms with Crippen LogP contribution in [0, 0.1) is 5.92 Å². The molecule has 2 aromatic heterocycles. The average Bonchev–Trinajstić information content (AvgIpc) is 3.22. The van der Waals surface area contributed by atoms with E-state index in [1.807, 2.05) is 25.4 Å². The van der Waals surface area contributed by atoms with Gasteiger partial charge in [-0.15, -0.1) is 0 Å². The number of pyridine rings is 1. The summed E-state index contributed by atoms with van der Waals surface area (Å²) in [6, 6.07) is 10.6. The third kappa shape index (κ3) is 3.58. The average molecular weight is 415 g/mol. The molecule has 2 unspecified atom stereocenters. The van der Waals surface area contributed by atoms with Crippen molar-refractivity contribution in [3.8, 4) is 5.75 Å². The number of piperidine rings is 1. The number of hydrogen-bond donors (Lipinski definition) is 1. The molecule has 0 amide bonds. The van der Waals surface area contributed by atoms with E-state index in [0.717, 1.165) is 23.1 Å². The zero-order valence-corrected chi connectivity index (χ0v) is 17.7. The number of benzene rings is 1. The van der Waals surface area contributed by atoms with Gasteiger partial charge in [-0.2, -0.15) is 4.31 Å². The Kier molecular flexibility index (Phi) is 5.23. The highest BCUT2D eigenvalue weighted by Gasteiger charge is 2.36. The summed E-state index contributed by atoms with van der Waals surface area (Å²) in [7, 11) is 0.0420. The van der Waals surface area contributed by atoms with E-state index < -0.39 is 10.0 Å². The molecule has 154 valence electrons. The zero-order chi connectivity index (χ0) is 20.6. The summed E-state index contributed by atoms with van der Waals surface area (Å²) in [6.45, 7) is 3.16. The van der Waals surface area contributed by atoms with Crippen LogP contribution in [0.4, 0.5) is 5.69 Å². The third-order valence-corrected chi connectivity index (χ3v) is 7.77. The molecule has 7 nitrogen and oxygen atoms in total. The lowest BCUT2D eigenvalue weighted by Crippen LogP contribution is -2.52. The van der Waals surface area contributed by atoms with E-state index in [1.54, 1.807) is 41.9 Å². The molecule has 1 aliphatic rings. The first-order chi connectivity index (χ1) is 13.9. The molecule has 0 saturated carbocycles. The monoisotopic (exact) mass is 414 g/mol. The zero-order valence-electron chi connectivity index (χ0n) is 16.9. The maximum atomic E-state index is 13.2. The summed E-state index contributed by atoms with van der Waals surface area (Å²) in [5.41, 5.74) is 1.89. The topological polar surface area (TPSA) is 78.5 Å². The molecule has 1 fully saturated rings. The van der Waals surface area contributed by atoms with Gasteiger partial charge in [0.1, 0.15) is 11.4 Å². The van der Waals surface area contributed by atoms with Gasteiger partial charge in [0.15, 0.2) is 0 Å². The molecule has 1 aromatic carbocycles. The molecular formula is C21H26N4O3S. The van der Waals surface area contributed by atoms with Gasteiger partial charge in [0.25, 0.3) is 0 Å². The van der Waals surface area contributed by atoms with Gasteiger partial charge in [-0.05, 0) is 48.7 Å². The number of likely N-dealkylation sites (N-methyl/N-ethyl adjacent to an activating group) is 1. The first kappa shape index (κ1) is 19.7. The van der Waals surface area contributed by atoms with Crippen molar-refractivity contribution >= 4 is 26.7 Å². The normalized spacial score (nSPS) is 20.7. The Labute approximate surface area is 171 Å². The highest BCUT2D eigenvalue weighted by atomic mass is 32.2. The molecule has 0 spiro atoms. The fourth-order valence-electron chi connectivity index (χ4n) is 4.07. The molecule has 0 aliphatic carbocycles. The number of H-pyrrole nitrogens is 1. The van der Waals surface area contributed by atoms with Crippen molar-refractivity contribution in [1.82, 2.24) is 14.3 Å². The van der Waals surface area contributed by atoms with Crippen LogP contribution >= 0.6 is 0 Å². The molecule has 3 aromatic rings. The van der Waals surface area contributed by atoms with Crippen LogP contribution in [0.15, 0.2) is 53.7 Å². The summed E-state index contributed by atoms with van der Waals surface area (Å²) in [5, 5.41) is 1.04. The van der Waals surface area contributed by atoms with Crippen molar-refractivity contribution in [2.45, 2.75) is 24.3 Å². The lowest BCUT2D eigenvalue weighted by atomic mass is 9.93. The molecule has 1 N–H and O–H groups in total. The maximum absolute atomic E-state index is 13.2. The number of aromatic amines is 1. The molecule has 2 atom stereocenters. The molecule has 8 heteroatoms. The molecule has 0 bridgehead atoms. The molecular weight excluding hydrogens is 388 g/mol. The minimum Gasteiger partial charge on any atom is -0.497 e. The number of anilines is 1. The van der Waals surface area contributed by atoms with E-state index in [-0.39, 0.29) is 6.04 Å². The number of hydrogen-bond acceptors (Lipinski definition) is 5.